The van der Waals surface area contributed by atoms with Crippen molar-refractivity contribution < 1.29 is 9.53 Å². The van der Waals surface area contributed by atoms with E-state index in [1.165, 1.54) is 5.56 Å². The number of likely N-dealkylation sites (N-methyl/N-ethyl adjacent to an activating group) is 1. The lowest BCUT2D eigenvalue weighted by Gasteiger charge is -2.24. The minimum absolute atomic E-state index is 0. The Morgan fingerprint density at radius 2 is 2.09 bits per heavy atom. The van der Waals surface area contributed by atoms with Gasteiger partial charge in [-0.1, -0.05) is 19.1 Å². The summed E-state index contributed by atoms with van der Waals surface area (Å²) in [6.07, 6.45) is 4.66. The Morgan fingerprint density at radius 3 is 2.74 bits per heavy atom. The summed E-state index contributed by atoms with van der Waals surface area (Å²) in [6.45, 7) is 4.66. The maximum absolute atomic E-state index is 12.4. The first kappa shape index (κ1) is 19.8. The topological polar surface area (TPSA) is 41.6 Å². The van der Waals surface area contributed by atoms with Crippen molar-refractivity contribution in [3.05, 3.63) is 29.8 Å². The van der Waals surface area contributed by atoms with Crippen LogP contribution in [0.4, 0.5) is 0 Å². The van der Waals surface area contributed by atoms with E-state index < -0.39 is 0 Å². The van der Waals surface area contributed by atoms with Crippen LogP contribution in [-0.2, 0) is 11.2 Å². The van der Waals surface area contributed by atoms with Gasteiger partial charge in [-0.15, -0.1) is 12.4 Å². The first-order valence-electron chi connectivity index (χ1n) is 8.40. The molecule has 1 aromatic rings. The van der Waals surface area contributed by atoms with Gasteiger partial charge < -0.3 is 15.0 Å². The van der Waals surface area contributed by atoms with Gasteiger partial charge in [0.2, 0.25) is 5.91 Å². The van der Waals surface area contributed by atoms with E-state index in [1.54, 1.807) is 0 Å². The standard InChI is InChI=1S/C18H28N2O2.ClH/c1-3-13-22-17-9-6-15(7-10-17)8-11-18(21)20-12-4-5-16(20)14-19-2;/h6-7,9-10,16,19H,3-5,8,11-14H2,1-2H3;1H. The third-order valence-electron chi connectivity index (χ3n) is 4.16. The normalized spacial score (nSPS) is 17.0. The minimum atomic E-state index is 0. The van der Waals surface area contributed by atoms with E-state index in [4.69, 9.17) is 4.74 Å². The Morgan fingerprint density at radius 1 is 1.35 bits per heavy atom. The maximum Gasteiger partial charge on any atom is 0.223 e. The summed E-state index contributed by atoms with van der Waals surface area (Å²) >= 11 is 0. The molecule has 1 aromatic carbocycles. The Hall–Kier alpha value is -1.26. The molecule has 130 valence electrons. The van der Waals surface area contributed by atoms with Crippen LogP contribution in [0.3, 0.4) is 0 Å². The third-order valence-corrected chi connectivity index (χ3v) is 4.16. The predicted molar refractivity (Wildman–Crippen MR) is 96.5 cm³/mol. The lowest BCUT2D eigenvalue weighted by molar-refractivity contribution is -0.131. The molecule has 1 atom stereocenters. The van der Waals surface area contributed by atoms with Crippen molar-refractivity contribution in [2.45, 2.75) is 45.1 Å². The van der Waals surface area contributed by atoms with Crippen molar-refractivity contribution in [2.24, 2.45) is 0 Å². The summed E-state index contributed by atoms with van der Waals surface area (Å²) < 4.78 is 5.58. The molecule has 5 heteroatoms. The molecule has 1 heterocycles. The summed E-state index contributed by atoms with van der Waals surface area (Å²) in [6, 6.07) is 8.49. The number of ether oxygens (including phenoxy) is 1. The fourth-order valence-corrected chi connectivity index (χ4v) is 2.98. The van der Waals surface area contributed by atoms with Crippen LogP contribution in [0.15, 0.2) is 24.3 Å². The molecule has 0 saturated carbocycles. The first-order valence-corrected chi connectivity index (χ1v) is 8.40. The van der Waals surface area contributed by atoms with Gasteiger partial charge in [0, 0.05) is 25.6 Å². The summed E-state index contributed by atoms with van der Waals surface area (Å²) in [7, 11) is 1.95. The highest BCUT2D eigenvalue weighted by Crippen LogP contribution is 2.19. The lowest BCUT2D eigenvalue weighted by Crippen LogP contribution is -2.40. The molecule has 1 unspecified atom stereocenters. The molecule has 0 aliphatic carbocycles. The summed E-state index contributed by atoms with van der Waals surface area (Å²) in [5.41, 5.74) is 1.20. The predicted octanol–water partition coefficient (Wildman–Crippen LogP) is 3.04. The number of amides is 1. The van der Waals surface area contributed by atoms with Crippen molar-refractivity contribution in [1.29, 1.82) is 0 Å². The van der Waals surface area contributed by atoms with E-state index in [-0.39, 0.29) is 18.3 Å². The maximum atomic E-state index is 12.4. The minimum Gasteiger partial charge on any atom is -0.494 e. The van der Waals surface area contributed by atoms with E-state index >= 15 is 0 Å². The van der Waals surface area contributed by atoms with Crippen LogP contribution in [0.25, 0.3) is 0 Å². The monoisotopic (exact) mass is 340 g/mol. The number of nitrogens with zero attached hydrogens (tertiary/aromatic N) is 1. The average molecular weight is 341 g/mol. The molecule has 2 rings (SSSR count). The molecule has 1 amide bonds. The molecule has 1 aliphatic heterocycles. The van der Waals surface area contributed by atoms with Gasteiger partial charge in [0.25, 0.3) is 0 Å². The number of likely N-dealkylation sites (tertiary alicyclic amines) is 1. The molecule has 0 radical (unpaired) electrons. The van der Waals surface area contributed by atoms with Crippen molar-refractivity contribution >= 4 is 18.3 Å². The largest absolute Gasteiger partial charge is 0.494 e. The number of rotatable bonds is 8. The molecule has 23 heavy (non-hydrogen) atoms. The van der Waals surface area contributed by atoms with Gasteiger partial charge in [-0.05, 0) is 50.4 Å². The van der Waals surface area contributed by atoms with E-state index in [2.05, 4.69) is 29.3 Å². The highest BCUT2D eigenvalue weighted by molar-refractivity contribution is 5.85. The SMILES string of the molecule is CCCOc1ccc(CCC(=O)N2CCCC2CNC)cc1.Cl. The highest BCUT2D eigenvalue weighted by Gasteiger charge is 2.27. The summed E-state index contributed by atoms with van der Waals surface area (Å²) in [5.74, 6) is 1.19. The van der Waals surface area contributed by atoms with Crippen LogP contribution in [0.5, 0.6) is 5.75 Å². The molecule has 4 nitrogen and oxygen atoms in total. The Bertz CT molecular complexity index is 465. The van der Waals surface area contributed by atoms with E-state index in [1.807, 2.05) is 19.2 Å². The number of nitrogens with one attached hydrogen (secondary N) is 1. The second-order valence-electron chi connectivity index (χ2n) is 5.93. The number of benzene rings is 1. The Labute approximate surface area is 146 Å². The van der Waals surface area contributed by atoms with Crippen LogP contribution < -0.4 is 10.1 Å². The number of carbonyl (C=O) groups excluding carboxylic acids is 1. The van der Waals surface area contributed by atoms with E-state index in [0.29, 0.717) is 12.5 Å². The van der Waals surface area contributed by atoms with Gasteiger partial charge >= 0.3 is 0 Å². The molecule has 1 fully saturated rings. The lowest BCUT2D eigenvalue weighted by atomic mass is 10.1. The molecule has 1 N–H and O–H groups in total. The van der Waals surface area contributed by atoms with Crippen LogP contribution in [0, 0.1) is 0 Å². The van der Waals surface area contributed by atoms with Gasteiger partial charge in [0.1, 0.15) is 5.75 Å². The zero-order valence-corrected chi connectivity index (χ0v) is 15.0. The van der Waals surface area contributed by atoms with Crippen LogP contribution in [0.2, 0.25) is 0 Å². The van der Waals surface area contributed by atoms with Crippen molar-refractivity contribution in [1.82, 2.24) is 10.2 Å². The average Bonchev–Trinajstić information content (AvgIpc) is 3.00. The van der Waals surface area contributed by atoms with Gasteiger partial charge in [-0.3, -0.25) is 4.79 Å². The zero-order chi connectivity index (χ0) is 15.8. The zero-order valence-electron chi connectivity index (χ0n) is 14.2. The quantitative estimate of drug-likeness (QED) is 0.790. The number of carbonyl (C=O) groups is 1. The molecular formula is C18H29ClN2O2. The van der Waals surface area contributed by atoms with Crippen LogP contribution in [0.1, 0.15) is 38.2 Å². The second-order valence-corrected chi connectivity index (χ2v) is 5.93. The van der Waals surface area contributed by atoms with E-state index in [9.17, 15) is 4.79 Å². The molecular weight excluding hydrogens is 312 g/mol. The summed E-state index contributed by atoms with van der Waals surface area (Å²) in [5, 5.41) is 3.18. The fourth-order valence-electron chi connectivity index (χ4n) is 2.98. The second kappa shape index (κ2) is 10.5. The smallest absolute Gasteiger partial charge is 0.223 e. The Balaban J connectivity index is 0.00000264. The number of aryl methyl sites for hydroxylation is 1. The molecule has 0 bridgehead atoms. The number of hydrogen-bond acceptors (Lipinski definition) is 3. The van der Waals surface area contributed by atoms with Crippen molar-refractivity contribution in [2.75, 3.05) is 26.7 Å². The van der Waals surface area contributed by atoms with Gasteiger partial charge in [0.05, 0.1) is 6.61 Å². The fraction of sp³-hybridized carbons (Fsp3) is 0.611. The van der Waals surface area contributed by atoms with Crippen LogP contribution in [-0.4, -0.2) is 43.6 Å². The number of halogens is 1. The number of hydrogen-bond donors (Lipinski definition) is 1. The van der Waals surface area contributed by atoms with E-state index in [0.717, 1.165) is 51.1 Å². The third kappa shape index (κ3) is 6.04. The highest BCUT2D eigenvalue weighted by atomic mass is 35.5. The molecule has 0 aromatic heterocycles. The Kier molecular flexibility index (Phi) is 9.03. The van der Waals surface area contributed by atoms with Gasteiger partial charge in [-0.25, -0.2) is 0 Å². The van der Waals surface area contributed by atoms with Crippen molar-refractivity contribution in [3.63, 3.8) is 0 Å². The van der Waals surface area contributed by atoms with Gasteiger partial charge in [-0.2, -0.15) is 0 Å². The first-order chi connectivity index (χ1) is 10.7. The molecule has 1 aliphatic rings. The molecule has 1 saturated heterocycles. The summed E-state index contributed by atoms with van der Waals surface area (Å²) in [4.78, 5) is 14.4. The van der Waals surface area contributed by atoms with Crippen molar-refractivity contribution in [3.8, 4) is 5.75 Å². The van der Waals surface area contributed by atoms with Gasteiger partial charge in [0.15, 0.2) is 0 Å². The van der Waals surface area contributed by atoms with Crippen LogP contribution >= 0.6 is 12.4 Å². The molecule has 0 spiro atoms.